The zero-order valence-electron chi connectivity index (χ0n) is 11.6. The summed E-state index contributed by atoms with van der Waals surface area (Å²) in [7, 11) is 1.38. The van der Waals surface area contributed by atoms with Crippen LogP contribution in [0.5, 0.6) is 0 Å². The number of nitrogens with one attached hydrogen (secondary N) is 1. The largest absolute Gasteiger partial charge is 0.469 e. The van der Waals surface area contributed by atoms with Gasteiger partial charge in [-0.05, 0) is 54.4 Å². The van der Waals surface area contributed by atoms with Gasteiger partial charge in [-0.15, -0.1) is 0 Å². The molecule has 0 radical (unpaired) electrons. The molecule has 6 heteroatoms. The van der Waals surface area contributed by atoms with Gasteiger partial charge in [0, 0.05) is 12.5 Å². The molecule has 0 spiro atoms. The molecule has 4 nitrogen and oxygen atoms in total. The lowest BCUT2D eigenvalue weighted by Gasteiger charge is -2.38. The highest BCUT2D eigenvalue weighted by Crippen LogP contribution is 2.36. The second-order valence-electron chi connectivity index (χ2n) is 5.32. The molecule has 0 aliphatic carbocycles. The van der Waals surface area contributed by atoms with Crippen LogP contribution in [0.25, 0.3) is 0 Å². The van der Waals surface area contributed by atoms with Crippen LogP contribution in [0.3, 0.4) is 0 Å². The van der Waals surface area contributed by atoms with E-state index in [0.717, 1.165) is 0 Å². The van der Waals surface area contributed by atoms with E-state index in [0.29, 0.717) is 29.7 Å². The van der Waals surface area contributed by atoms with Crippen molar-refractivity contribution >= 4 is 21.9 Å². The number of nitrogens with zero attached hydrogens (tertiary/aromatic N) is 1. The van der Waals surface area contributed by atoms with Crippen LogP contribution in [0, 0.1) is 11.2 Å². The molecule has 110 valence electrons. The number of methoxy groups -OCH3 is 1. The summed E-state index contributed by atoms with van der Waals surface area (Å²) in [5, 5.41) is 3.30. The van der Waals surface area contributed by atoms with E-state index in [2.05, 4.69) is 26.2 Å². The van der Waals surface area contributed by atoms with Gasteiger partial charge in [0.25, 0.3) is 0 Å². The van der Waals surface area contributed by atoms with E-state index in [9.17, 15) is 9.18 Å². The molecule has 1 aromatic rings. The fraction of sp³-hybridized carbons (Fsp3) is 0.571. The molecule has 2 rings (SSSR count). The molecule has 1 aromatic heterocycles. The zero-order chi connectivity index (χ0) is 14.8. The Kier molecular flexibility index (Phi) is 4.75. The maximum atomic E-state index is 13.9. The molecule has 2 atom stereocenters. The average molecular weight is 345 g/mol. The van der Waals surface area contributed by atoms with Gasteiger partial charge in [-0.3, -0.25) is 4.79 Å². The molecule has 1 N–H and O–H groups in total. The minimum Gasteiger partial charge on any atom is -0.469 e. The summed E-state index contributed by atoms with van der Waals surface area (Å²) in [4.78, 5) is 16.4. The summed E-state index contributed by atoms with van der Waals surface area (Å²) < 4.78 is 19.4. The van der Waals surface area contributed by atoms with Gasteiger partial charge >= 0.3 is 5.97 Å². The summed E-state index contributed by atoms with van der Waals surface area (Å²) in [5.41, 5.74) is -0.396. The van der Waals surface area contributed by atoms with Crippen molar-refractivity contribution in [3.8, 4) is 0 Å². The maximum absolute atomic E-state index is 13.9. The summed E-state index contributed by atoms with van der Waals surface area (Å²) in [5.74, 6) is -0.672. The molecule has 1 unspecified atom stereocenters. The number of rotatable bonds is 3. The topological polar surface area (TPSA) is 51.2 Å². The van der Waals surface area contributed by atoms with E-state index in [1.54, 1.807) is 6.07 Å². The Balaban J connectivity index is 2.32. The van der Waals surface area contributed by atoms with Crippen molar-refractivity contribution in [2.45, 2.75) is 32.2 Å². The summed E-state index contributed by atoms with van der Waals surface area (Å²) in [6, 6.07) is 3.11. The van der Waals surface area contributed by atoms with Crippen molar-refractivity contribution < 1.29 is 13.9 Å². The number of esters is 1. The molecule has 0 amide bonds. The fourth-order valence-corrected chi connectivity index (χ4v) is 3.20. The van der Waals surface area contributed by atoms with Crippen molar-refractivity contribution in [1.82, 2.24) is 10.3 Å². The third-order valence-corrected chi connectivity index (χ3v) is 4.24. The normalized spacial score (nSPS) is 26.3. The van der Waals surface area contributed by atoms with Gasteiger partial charge in [-0.2, -0.15) is 0 Å². The minimum atomic E-state index is -0.700. The lowest BCUT2D eigenvalue weighted by molar-refractivity contribution is -0.155. The first-order chi connectivity index (χ1) is 9.47. The first kappa shape index (κ1) is 15.4. The molecular weight excluding hydrogens is 327 g/mol. The lowest BCUT2D eigenvalue weighted by Crippen LogP contribution is -2.48. The molecule has 1 aliphatic heterocycles. The lowest BCUT2D eigenvalue weighted by atomic mass is 9.73. The van der Waals surface area contributed by atoms with Gasteiger partial charge in [0.15, 0.2) is 0 Å². The van der Waals surface area contributed by atoms with Crippen LogP contribution in [0.1, 0.15) is 25.5 Å². The highest BCUT2D eigenvalue weighted by molar-refractivity contribution is 9.10. The van der Waals surface area contributed by atoms with Crippen LogP contribution in [0.2, 0.25) is 0 Å². The SMILES string of the molecule is COC(=O)C1(Cc2nc(Br)ccc2F)CCN[C@H](C)C1. The second-order valence-corrected chi connectivity index (χ2v) is 6.13. The van der Waals surface area contributed by atoms with Gasteiger partial charge < -0.3 is 10.1 Å². The van der Waals surface area contributed by atoms with Crippen molar-refractivity contribution in [1.29, 1.82) is 0 Å². The first-order valence-electron chi connectivity index (χ1n) is 6.59. The predicted octanol–water partition coefficient (Wildman–Crippen LogP) is 2.46. The smallest absolute Gasteiger partial charge is 0.312 e. The number of ether oxygens (including phenoxy) is 1. The number of halogens is 2. The van der Waals surface area contributed by atoms with Crippen molar-refractivity contribution in [3.05, 3.63) is 28.2 Å². The van der Waals surface area contributed by atoms with Crippen molar-refractivity contribution in [3.63, 3.8) is 0 Å². The molecule has 1 aliphatic rings. The number of aromatic nitrogens is 1. The standard InChI is InChI=1S/C14H18BrFN2O2/c1-9-7-14(5-6-17-9,13(19)20-2)8-11-10(16)3-4-12(15)18-11/h3-4,9,17H,5-8H2,1-2H3/t9-,14?/m1/s1. The van der Waals surface area contributed by atoms with Crippen LogP contribution in [0.4, 0.5) is 4.39 Å². The first-order valence-corrected chi connectivity index (χ1v) is 7.39. The van der Waals surface area contributed by atoms with Crippen LogP contribution >= 0.6 is 15.9 Å². The molecule has 0 saturated carbocycles. The van der Waals surface area contributed by atoms with E-state index < -0.39 is 5.41 Å². The monoisotopic (exact) mass is 344 g/mol. The Morgan fingerprint density at radius 1 is 1.65 bits per heavy atom. The van der Waals surface area contributed by atoms with Gasteiger partial charge in [0.05, 0.1) is 18.2 Å². The average Bonchev–Trinajstić information content (AvgIpc) is 2.42. The Morgan fingerprint density at radius 2 is 2.40 bits per heavy atom. The van der Waals surface area contributed by atoms with Crippen molar-refractivity contribution in [2.24, 2.45) is 5.41 Å². The molecular formula is C14H18BrFN2O2. The quantitative estimate of drug-likeness (QED) is 0.675. The number of carbonyl (C=O) groups excluding carboxylic acids is 1. The van der Waals surface area contributed by atoms with E-state index in [-0.39, 0.29) is 24.2 Å². The molecule has 0 aromatic carbocycles. The number of piperidine rings is 1. The van der Waals surface area contributed by atoms with Crippen LogP contribution in [-0.4, -0.2) is 30.6 Å². The van der Waals surface area contributed by atoms with Crippen LogP contribution in [0.15, 0.2) is 16.7 Å². The molecule has 20 heavy (non-hydrogen) atoms. The Hall–Kier alpha value is -1.01. The fourth-order valence-electron chi connectivity index (χ4n) is 2.86. The Bertz CT molecular complexity index is 512. The summed E-state index contributed by atoms with van der Waals surface area (Å²) in [6.07, 6.45) is 1.50. The maximum Gasteiger partial charge on any atom is 0.312 e. The van der Waals surface area contributed by atoms with Crippen LogP contribution in [-0.2, 0) is 16.0 Å². The van der Waals surface area contributed by atoms with E-state index >= 15 is 0 Å². The van der Waals surface area contributed by atoms with Crippen LogP contribution < -0.4 is 5.32 Å². The number of pyridine rings is 1. The third-order valence-electron chi connectivity index (χ3n) is 3.80. The highest BCUT2D eigenvalue weighted by Gasteiger charge is 2.43. The minimum absolute atomic E-state index is 0.193. The summed E-state index contributed by atoms with van der Waals surface area (Å²) in [6.45, 7) is 2.73. The molecule has 1 saturated heterocycles. The van der Waals surface area contributed by atoms with Crippen molar-refractivity contribution in [2.75, 3.05) is 13.7 Å². The number of hydrogen-bond donors (Lipinski definition) is 1. The number of carbonyl (C=O) groups is 1. The van der Waals surface area contributed by atoms with Gasteiger partial charge in [0.1, 0.15) is 10.4 Å². The second kappa shape index (κ2) is 6.18. The predicted molar refractivity (Wildman–Crippen MR) is 76.7 cm³/mol. The molecule has 0 bridgehead atoms. The zero-order valence-corrected chi connectivity index (χ0v) is 13.2. The van der Waals surface area contributed by atoms with E-state index in [4.69, 9.17) is 4.74 Å². The molecule has 1 fully saturated rings. The summed E-state index contributed by atoms with van der Waals surface area (Å²) >= 11 is 3.24. The molecule has 2 heterocycles. The third kappa shape index (κ3) is 3.17. The number of hydrogen-bond acceptors (Lipinski definition) is 4. The van der Waals surface area contributed by atoms with Gasteiger partial charge in [-0.1, -0.05) is 0 Å². The van der Waals surface area contributed by atoms with Gasteiger partial charge in [0.2, 0.25) is 0 Å². The Labute approximate surface area is 126 Å². The van der Waals surface area contributed by atoms with E-state index in [1.807, 2.05) is 6.92 Å². The Morgan fingerprint density at radius 3 is 3.05 bits per heavy atom. The van der Waals surface area contributed by atoms with Gasteiger partial charge in [-0.25, -0.2) is 9.37 Å². The van der Waals surface area contributed by atoms with E-state index in [1.165, 1.54) is 13.2 Å². The highest BCUT2D eigenvalue weighted by atomic mass is 79.9.